The van der Waals surface area contributed by atoms with Gasteiger partial charge in [0.25, 0.3) is 0 Å². The van der Waals surface area contributed by atoms with Crippen molar-refractivity contribution in [3.63, 3.8) is 0 Å². The summed E-state index contributed by atoms with van der Waals surface area (Å²) in [5.74, 6) is -0.639. The van der Waals surface area contributed by atoms with Crippen LogP contribution in [0.2, 0.25) is 0 Å². The number of rotatable bonds is 10. The van der Waals surface area contributed by atoms with E-state index in [1.807, 2.05) is 37.3 Å². The predicted molar refractivity (Wildman–Crippen MR) is 110 cm³/mol. The first-order valence-electron chi connectivity index (χ1n) is 9.44. The molecule has 2 N–H and O–H groups in total. The average molecular weight is 419 g/mol. The molecule has 156 valence electrons. The number of benzene rings is 2. The third-order valence-electron chi connectivity index (χ3n) is 4.23. The van der Waals surface area contributed by atoms with Crippen molar-refractivity contribution in [3.8, 4) is 0 Å². The van der Waals surface area contributed by atoms with Gasteiger partial charge in [0.1, 0.15) is 0 Å². The van der Waals surface area contributed by atoms with Crippen molar-refractivity contribution >= 4 is 21.9 Å². The van der Waals surface area contributed by atoms with Crippen molar-refractivity contribution in [3.05, 3.63) is 65.7 Å². The van der Waals surface area contributed by atoms with Crippen molar-refractivity contribution in [2.24, 2.45) is 0 Å². The highest BCUT2D eigenvalue weighted by atomic mass is 32.2. The molecule has 0 aliphatic rings. The van der Waals surface area contributed by atoms with Gasteiger partial charge in [-0.15, -0.1) is 0 Å². The Kier molecular flexibility index (Phi) is 8.35. The van der Waals surface area contributed by atoms with E-state index in [2.05, 4.69) is 10.0 Å². The number of ether oxygens (including phenoxy) is 1. The highest BCUT2D eigenvalue weighted by Crippen LogP contribution is 2.13. The molecule has 2 aromatic rings. The Labute approximate surface area is 171 Å². The van der Waals surface area contributed by atoms with Crippen LogP contribution in [0.3, 0.4) is 0 Å². The monoisotopic (exact) mass is 418 g/mol. The maximum absolute atomic E-state index is 12.3. The molecule has 0 aliphatic heterocycles. The molecule has 0 heterocycles. The van der Waals surface area contributed by atoms with E-state index in [4.69, 9.17) is 4.74 Å². The lowest BCUT2D eigenvalue weighted by Gasteiger charge is -2.14. The topological polar surface area (TPSA) is 102 Å². The third kappa shape index (κ3) is 6.99. The predicted octanol–water partition coefficient (Wildman–Crippen LogP) is 2.80. The Balaban J connectivity index is 1.78. The first-order valence-corrected chi connectivity index (χ1v) is 10.9. The summed E-state index contributed by atoms with van der Waals surface area (Å²) in [6.07, 6.45) is 0.578. The first-order chi connectivity index (χ1) is 13.8. The lowest BCUT2D eigenvalue weighted by molar-refractivity contribution is -0.121. The number of carbonyl (C=O) groups excluding carboxylic acids is 2. The molecular weight excluding hydrogens is 392 g/mol. The minimum atomic E-state index is -3.71. The highest BCUT2D eigenvalue weighted by Gasteiger charge is 2.15. The van der Waals surface area contributed by atoms with E-state index in [9.17, 15) is 18.0 Å². The van der Waals surface area contributed by atoms with Gasteiger partial charge >= 0.3 is 5.97 Å². The summed E-state index contributed by atoms with van der Waals surface area (Å²) < 4.78 is 32.0. The molecule has 0 aromatic heterocycles. The number of hydrogen-bond acceptors (Lipinski definition) is 5. The minimum Gasteiger partial charge on any atom is -0.462 e. The molecule has 0 unspecified atom stereocenters. The molecule has 0 radical (unpaired) electrons. The van der Waals surface area contributed by atoms with E-state index in [0.29, 0.717) is 6.42 Å². The standard InChI is InChI=1S/C21H26N2O5S/c1-3-28-21(25)18-11-13-19(14-12-18)29(26,27)22-15-7-10-20(24)23-16(2)17-8-5-4-6-9-17/h4-6,8-9,11-14,16,22H,3,7,10,15H2,1-2H3,(H,23,24)/t16-/m0/s1. The fourth-order valence-electron chi connectivity index (χ4n) is 2.66. The summed E-state index contributed by atoms with van der Waals surface area (Å²) in [4.78, 5) is 23.7. The first kappa shape index (κ1) is 22.6. The van der Waals surface area contributed by atoms with Gasteiger partial charge in [-0.1, -0.05) is 30.3 Å². The van der Waals surface area contributed by atoms with Crippen LogP contribution in [0.15, 0.2) is 59.5 Å². The number of amides is 1. The summed E-state index contributed by atoms with van der Waals surface area (Å²) in [7, 11) is -3.71. The summed E-state index contributed by atoms with van der Waals surface area (Å²) in [6, 6.07) is 15.0. The quantitative estimate of drug-likeness (QED) is 0.456. The second-order valence-corrected chi connectivity index (χ2v) is 8.21. The van der Waals surface area contributed by atoms with Gasteiger partial charge in [0, 0.05) is 13.0 Å². The van der Waals surface area contributed by atoms with Gasteiger partial charge in [-0.2, -0.15) is 0 Å². The molecule has 0 aliphatic carbocycles. The number of hydrogen-bond donors (Lipinski definition) is 2. The Bertz CT molecular complexity index is 912. The Morgan fingerprint density at radius 1 is 1.03 bits per heavy atom. The molecule has 29 heavy (non-hydrogen) atoms. The molecule has 1 atom stereocenters. The van der Waals surface area contributed by atoms with Crippen LogP contribution >= 0.6 is 0 Å². The molecular formula is C21H26N2O5S. The zero-order valence-corrected chi connectivity index (χ0v) is 17.4. The lowest BCUT2D eigenvalue weighted by atomic mass is 10.1. The Morgan fingerprint density at radius 3 is 2.31 bits per heavy atom. The second-order valence-electron chi connectivity index (χ2n) is 6.45. The number of nitrogens with one attached hydrogen (secondary N) is 2. The van der Waals surface area contributed by atoms with Gasteiger partial charge < -0.3 is 10.1 Å². The van der Waals surface area contributed by atoms with Crippen LogP contribution in [0, 0.1) is 0 Å². The number of carbonyl (C=O) groups is 2. The zero-order valence-electron chi connectivity index (χ0n) is 16.6. The summed E-state index contributed by atoms with van der Waals surface area (Å²) in [5, 5.41) is 2.89. The van der Waals surface area contributed by atoms with Crippen molar-refractivity contribution in [1.29, 1.82) is 0 Å². The fourth-order valence-corrected chi connectivity index (χ4v) is 3.74. The van der Waals surface area contributed by atoms with Crippen molar-refractivity contribution < 1.29 is 22.7 Å². The van der Waals surface area contributed by atoms with Gasteiger partial charge in [-0.05, 0) is 50.1 Å². The molecule has 0 fully saturated rings. The van der Waals surface area contributed by atoms with Gasteiger partial charge in [-0.25, -0.2) is 17.9 Å². The molecule has 0 saturated heterocycles. The van der Waals surface area contributed by atoms with Crippen molar-refractivity contribution in [1.82, 2.24) is 10.0 Å². The second kappa shape index (κ2) is 10.7. The van der Waals surface area contributed by atoms with E-state index < -0.39 is 16.0 Å². The maximum atomic E-state index is 12.3. The summed E-state index contributed by atoms with van der Waals surface area (Å²) in [6.45, 7) is 3.98. The summed E-state index contributed by atoms with van der Waals surface area (Å²) >= 11 is 0. The normalized spacial score (nSPS) is 12.2. The Morgan fingerprint density at radius 2 is 1.69 bits per heavy atom. The van der Waals surface area contributed by atoms with Gasteiger partial charge in [0.2, 0.25) is 15.9 Å². The largest absolute Gasteiger partial charge is 0.462 e. The molecule has 0 bridgehead atoms. The van der Waals surface area contributed by atoms with E-state index in [1.165, 1.54) is 24.3 Å². The zero-order chi connectivity index (χ0) is 21.3. The van der Waals surface area contributed by atoms with Crippen LogP contribution in [0.4, 0.5) is 0 Å². The smallest absolute Gasteiger partial charge is 0.338 e. The van der Waals surface area contributed by atoms with Crippen LogP contribution in [0.25, 0.3) is 0 Å². The third-order valence-corrected chi connectivity index (χ3v) is 5.70. The van der Waals surface area contributed by atoms with Crippen LogP contribution in [-0.2, 0) is 19.6 Å². The van der Waals surface area contributed by atoms with Crippen molar-refractivity contribution in [2.75, 3.05) is 13.2 Å². The number of sulfonamides is 1. The molecule has 8 heteroatoms. The average Bonchev–Trinajstić information content (AvgIpc) is 2.72. The molecule has 0 spiro atoms. The van der Waals surface area contributed by atoms with Crippen LogP contribution in [-0.4, -0.2) is 33.4 Å². The van der Waals surface area contributed by atoms with E-state index in [-0.39, 0.29) is 42.0 Å². The minimum absolute atomic E-state index is 0.0488. The molecule has 0 saturated carbocycles. The molecule has 2 rings (SSSR count). The Hall–Kier alpha value is -2.71. The molecule has 7 nitrogen and oxygen atoms in total. The van der Waals surface area contributed by atoms with Crippen LogP contribution < -0.4 is 10.0 Å². The maximum Gasteiger partial charge on any atom is 0.338 e. The van der Waals surface area contributed by atoms with E-state index >= 15 is 0 Å². The van der Waals surface area contributed by atoms with Crippen molar-refractivity contribution in [2.45, 2.75) is 37.6 Å². The molecule has 2 aromatic carbocycles. The fraction of sp³-hybridized carbons (Fsp3) is 0.333. The number of esters is 1. The van der Waals surface area contributed by atoms with Gasteiger partial charge in [-0.3, -0.25) is 4.79 Å². The van der Waals surface area contributed by atoms with E-state index in [1.54, 1.807) is 6.92 Å². The van der Waals surface area contributed by atoms with Crippen LogP contribution in [0.5, 0.6) is 0 Å². The highest BCUT2D eigenvalue weighted by molar-refractivity contribution is 7.89. The molecule has 1 amide bonds. The van der Waals surface area contributed by atoms with E-state index in [0.717, 1.165) is 5.56 Å². The van der Waals surface area contributed by atoms with Gasteiger partial charge in [0.05, 0.1) is 23.1 Å². The van der Waals surface area contributed by atoms with Crippen LogP contribution in [0.1, 0.15) is 48.7 Å². The lowest BCUT2D eigenvalue weighted by Crippen LogP contribution is -2.29. The van der Waals surface area contributed by atoms with Gasteiger partial charge in [0.15, 0.2) is 0 Å². The SMILES string of the molecule is CCOC(=O)c1ccc(S(=O)(=O)NCCCC(=O)N[C@@H](C)c2ccccc2)cc1. The summed E-state index contributed by atoms with van der Waals surface area (Å²) in [5.41, 5.74) is 1.29.